The van der Waals surface area contributed by atoms with Gasteiger partial charge in [0.2, 0.25) is 0 Å². The average Bonchev–Trinajstić information content (AvgIpc) is 2.31. The summed E-state index contributed by atoms with van der Waals surface area (Å²) in [6.07, 6.45) is 3.58. The van der Waals surface area contributed by atoms with Gasteiger partial charge in [0.1, 0.15) is 0 Å². The Kier molecular flexibility index (Phi) is 2.74. The number of rotatable bonds is 2. The lowest BCUT2D eigenvalue weighted by Gasteiger charge is -2.34. The summed E-state index contributed by atoms with van der Waals surface area (Å²) in [5, 5.41) is 8.07. The maximum Gasteiger partial charge on any atom is 0.0707 e. The fraction of sp³-hybridized carbons (Fsp3) is 0.600. The van der Waals surface area contributed by atoms with Crippen LogP contribution in [0.15, 0.2) is 18.3 Å². The first-order chi connectivity index (χ1) is 6.87. The van der Waals surface area contributed by atoms with Crippen LogP contribution in [0.5, 0.6) is 0 Å². The quantitative estimate of drug-likeness (QED) is 0.742. The van der Waals surface area contributed by atoms with Gasteiger partial charge in [0.15, 0.2) is 0 Å². The zero-order chi connectivity index (χ0) is 9.86. The zero-order valence-electron chi connectivity index (χ0n) is 8.15. The van der Waals surface area contributed by atoms with E-state index in [0.717, 1.165) is 31.7 Å². The van der Waals surface area contributed by atoms with Crippen molar-refractivity contribution < 1.29 is 4.74 Å². The topological polar surface area (TPSA) is 61.0 Å². The highest BCUT2D eigenvalue weighted by Crippen LogP contribution is 2.31. The van der Waals surface area contributed by atoms with Crippen LogP contribution < -0.4 is 5.73 Å². The minimum Gasteiger partial charge on any atom is -0.381 e. The average molecular weight is 193 g/mol. The molecule has 0 aromatic carbocycles. The van der Waals surface area contributed by atoms with E-state index in [0.29, 0.717) is 6.54 Å². The second kappa shape index (κ2) is 4.02. The van der Waals surface area contributed by atoms with Crippen molar-refractivity contribution in [2.75, 3.05) is 19.8 Å². The predicted octanol–water partition coefficient (Wildman–Crippen LogP) is 0.483. The summed E-state index contributed by atoms with van der Waals surface area (Å²) in [6, 6.07) is 3.92. The van der Waals surface area contributed by atoms with Crippen molar-refractivity contribution in [1.82, 2.24) is 10.2 Å². The molecule has 0 aliphatic carbocycles. The van der Waals surface area contributed by atoms with Crippen molar-refractivity contribution in [1.29, 1.82) is 0 Å². The number of ether oxygens (including phenoxy) is 1. The Morgan fingerprint density at radius 1 is 1.43 bits per heavy atom. The lowest BCUT2D eigenvalue weighted by atomic mass is 9.77. The Morgan fingerprint density at radius 3 is 2.79 bits per heavy atom. The van der Waals surface area contributed by atoms with Gasteiger partial charge in [-0.1, -0.05) is 0 Å². The van der Waals surface area contributed by atoms with Crippen LogP contribution in [0.1, 0.15) is 18.5 Å². The molecule has 4 nitrogen and oxygen atoms in total. The Morgan fingerprint density at radius 2 is 2.21 bits per heavy atom. The molecule has 1 aromatic heterocycles. The van der Waals surface area contributed by atoms with Gasteiger partial charge in [-0.3, -0.25) is 0 Å². The number of hydrogen-bond acceptors (Lipinski definition) is 4. The lowest BCUT2D eigenvalue weighted by molar-refractivity contribution is 0.0512. The van der Waals surface area contributed by atoms with Crippen LogP contribution in [0.25, 0.3) is 0 Å². The molecule has 76 valence electrons. The smallest absolute Gasteiger partial charge is 0.0707 e. The molecule has 2 N–H and O–H groups in total. The highest BCUT2D eigenvalue weighted by atomic mass is 16.5. The van der Waals surface area contributed by atoms with E-state index in [2.05, 4.69) is 10.2 Å². The molecule has 2 heterocycles. The minimum atomic E-state index is -0.00743. The van der Waals surface area contributed by atoms with Crippen LogP contribution >= 0.6 is 0 Å². The molecule has 1 aliphatic rings. The summed E-state index contributed by atoms with van der Waals surface area (Å²) in [4.78, 5) is 0. The third-order valence-corrected chi connectivity index (χ3v) is 2.96. The van der Waals surface area contributed by atoms with Crippen LogP contribution in [-0.2, 0) is 10.2 Å². The van der Waals surface area contributed by atoms with E-state index >= 15 is 0 Å². The van der Waals surface area contributed by atoms with Gasteiger partial charge >= 0.3 is 0 Å². The molecule has 14 heavy (non-hydrogen) atoms. The molecule has 4 heteroatoms. The summed E-state index contributed by atoms with van der Waals surface area (Å²) in [7, 11) is 0. The van der Waals surface area contributed by atoms with E-state index < -0.39 is 0 Å². The highest BCUT2D eigenvalue weighted by molar-refractivity contribution is 5.16. The molecule has 1 aliphatic heterocycles. The summed E-state index contributed by atoms with van der Waals surface area (Å²) in [5.74, 6) is 0. The Labute approximate surface area is 83.5 Å². The maximum absolute atomic E-state index is 5.85. The summed E-state index contributed by atoms with van der Waals surface area (Å²) in [6.45, 7) is 2.16. The molecule has 0 bridgehead atoms. The molecule has 2 rings (SSSR count). The van der Waals surface area contributed by atoms with Gasteiger partial charge in [-0.15, -0.1) is 0 Å². The minimum absolute atomic E-state index is 0.00743. The number of hydrogen-bond donors (Lipinski definition) is 1. The summed E-state index contributed by atoms with van der Waals surface area (Å²) < 4.78 is 5.34. The molecule has 0 unspecified atom stereocenters. The van der Waals surface area contributed by atoms with E-state index in [4.69, 9.17) is 10.5 Å². The third kappa shape index (κ3) is 1.63. The van der Waals surface area contributed by atoms with Crippen molar-refractivity contribution in [3.63, 3.8) is 0 Å². The summed E-state index contributed by atoms with van der Waals surface area (Å²) in [5.41, 5.74) is 6.84. The van der Waals surface area contributed by atoms with E-state index in [1.165, 1.54) is 0 Å². The third-order valence-electron chi connectivity index (χ3n) is 2.96. The van der Waals surface area contributed by atoms with Crippen LogP contribution in [0.4, 0.5) is 0 Å². The van der Waals surface area contributed by atoms with Gasteiger partial charge in [0, 0.05) is 31.4 Å². The van der Waals surface area contributed by atoms with Gasteiger partial charge < -0.3 is 10.5 Å². The van der Waals surface area contributed by atoms with E-state index in [-0.39, 0.29) is 5.41 Å². The number of aromatic nitrogens is 2. The largest absolute Gasteiger partial charge is 0.381 e. The molecule has 1 aromatic rings. The van der Waals surface area contributed by atoms with Crippen LogP contribution in [0.3, 0.4) is 0 Å². The first kappa shape index (κ1) is 9.55. The monoisotopic (exact) mass is 193 g/mol. The maximum atomic E-state index is 5.85. The van der Waals surface area contributed by atoms with Gasteiger partial charge in [-0.2, -0.15) is 10.2 Å². The molecule has 0 amide bonds. The first-order valence-electron chi connectivity index (χ1n) is 4.93. The van der Waals surface area contributed by atoms with Crippen LogP contribution in [0, 0.1) is 0 Å². The number of nitrogens with two attached hydrogens (primary N) is 1. The van der Waals surface area contributed by atoms with Crippen molar-refractivity contribution in [2.24, 2.45) is 5.73 Å². The molecular formula is C10H15N3O. The zero-order valence-corrected chi connectivity index (χ0v) is 8.15. The van der Waals surface area contributed by atoms with Crippen LogP contribution in [0.2, 0.25) is 0 Å². The van der Waals surface area contributed by atoms with Gasteiger partial charge in [0.25, 0.3) is 0 Å². The lowest BCUT2D eigenvalue weighted by Crippen LogP contribution is -2.41. The van der Waals surface area contributed by atoms with Crippen molar-refractivity contribution >= 4 is 0 Å². The molecule has 1 saturated heterocycles. The SMILES string of the molecule is NCC1(c2cccnn2)CCOCC1. The van der Waals surface area contributed by atoms with Crippen LogP contribution in [-0.4, -0.2) is 30.0 Å². The molecule has 0 saturated carbocycles. The van der Waals surface area contributed by atoms with Gasteiger partial charge in [0.05, 0.1) is 5.69 Å². The predicted molar refractivity (Wildman–Crippen MR) is 52.8 cm³/mol. The Hall–Kier alpha value is -1.00. The standard InChI is InChI=1S/C10H15N3O/c11-8-10(3-6-14-7-4-10)9-2-1-5-12-13-9/h1-2,5H,3-4,6-8,11H2. The van der Waals surface area contributed by atoms with Gasteiger partial charge in [-0.25, -0.2) is 0 Å². The molecule has 0 radical (unpaired) electrons. The molecule has 0 atom stereocenters. The first-order valence-corrected chi connectivity index (χ1v) is 4.93. The van der Waals surface area contributed by atoms with Crippen molar-refractivity contribution in [3.05, 3.63) is 24.0 Å². The van der Waals surface area contributed by atoms with Crippen molar-refractivity contribution in [2.45, 2.75) is 18.3 Å². The molecular weight excluding hydrogens is 178 g/mol. The molecule has 0 spiro atoms. The van der Waals surface area contributed by atoms with Gasteiger partial charge in [-0.05, 0) is 25.0 Å². The highest BCUT2D eigenvalue weighted by Gasteiger charge is 2.34. The Bertz CT molecular complexity index is 283. The normalized spacial score (nSPS) is 20.6. The summed E-state index contributed by atoms with van der Waals surface area (Å²) >= 11 is 0. The van der Waals surface area contributed by atoms with E-state index in [1.807, 2.05) is 12.1 Å². The fourth-order valence-corrected chi connectivity index (χ4v) is 1.91. The fourth-order valence-electron chi connectivity index (χ4n) is 1.91. The number of nitrogens with zero attached hydrogens (tertiary/aromatic N) is 2. The second-order valence-corrected chi connectivity index (χ2v) is 3.71. The van der Waals surface area contributed by atoms with E-state index in [9.17, 15) is 0 Å². The second-order valence-electron chi connectivity index (χ2n) is 3.71. The molecule has 1 fully saturated rings. The Balaban J connectivity index is 2.27. The van der Waals surface area contributed by atoms with Crippen molar-refractivity contribution in [3.8, 4) is 0 Å². The van der Waals surface area contributed by atoms with E-state index in [1.54, 1.807) is 6.20 Å².